The van der Waals surface area contributed by atoms with Crippen LogP contribution in [-0.4, -0.2) is 21.3 Å². The lowest BCUT2D eigenvalue weighted by atomic mass is 10.1. The summed E-state index contributed by atoms with van der Waals surface area (Å²) in [5.41, 5.74) is 0. The van der Waals surface area contributed by atoms with Gasteiger partial charge in [-0.1, -0.05) is 13.8 Å². The van der Waals surface area contributed by atoms with Crippen molar-refractivity contribution in [2.45, 2.75) is 45.7 Å². The van der Waals surface area contributed by atoms with Crippen LogP contribution in [0.3, 0.4) is 0 Å². The molecular weight excluding hydrogens is 176 g/mol. The predicted molar refractivity (Wildman–Crippen MR) is 55.1 cm³/mol. The molecule has 4 nitrogen and oxygen atoms in total. The lowest BCUT2D eigenvalue weighted by Crippen LogP contribution is -2.32. The SMILES string of the molecule is CCC(C)c1nnc2n1CCNC2C. The first-order valence-electron chi connectivity index (χ1n) is 5.40. The number of hydrogen-bond acceptors (Lipinski definition) is 3. The summed E-state index contributed by atoms with van der Waals surface area (Å²) in [5.74, 6) is 2.75. The van der Waals surface area contributed by atoms with E-state index in [4.69, 9.17) is 0 Å². The van der Waals surface area contributed by atoms with Crippen molar-refractivity contribution in [1.82, 2.24) is 20.1 Å². The molecule has 0 amide bonds. The van der Waals surface area contributed by atoms with Crippen LogP contribution in [0.5, 0.6) is 0 Å². The van der Waals surface area contributed by atoms with Gasteiger partial charge in [0.25, 0.3) is 0 Å². The minimum Gasteiger partial charge on any atom is -0.312 e. The van der Waals surface area contributed by atoms with Crippen LogP contribution in [-0.2, 0) is 6.54 Å². The molecule has 0 saturated carbocycles. The van der Waals surface area contributed by atoms with Gasteiger partial charge >= 0.3 is 0 Å². The van der Waals surface area contributed by atoms with Crippen LogP contribution in [0, 0.1) is 0 Å². The summed E-state index contributed by atoms with van der Waals surface area (Å²) in [6.45, 7) is 8.57. The van der Waals surface area contributed by atoms with Crippen molar-refractivity contribution in [3.63, 3.8) is 0 Å². The van der Waals surface area contributed by atoms with Gasteiger partial charge < -0.3 is 9.88 Å². The molecule has 0 saturated heterocycles. The van der Waals surface area contributed by atoms with Gasteiger partial charge in [0.15, 0.2) is 0 Å². The second kappa shape index (κ2) is 3.69. The third-order valence-electron chi connectivity index (χ3n) is 3.03. The summed E-state index contributed by atoms with van der Waals surface area (Å²) >= 11 is 0. The minimum atomic E-state index is 0.342. The lowest BCUT2D eigenvalue weighted by Gasteiger charge is -2.23. The molecule has 0 bridgehead atoms. The van der Waals surface area contributed by atoms with Gasteiger partial charge in [0, 0.05) is 19.0 Å². The maximum Gasteiger partial charge on any atom is 0.149 e. The molecule has 1 aliphatic heterocycles. The molecule has 1 aromatic heterocycles. The third kappa shape index (κ3) is 1.43. The maximum atomic E-state index is 4.29. The molecule has 2 atom stereocenters. The number of nitrogens with zero attached hydrogens (tertiary/aromatic N) is 3. The predicted octanol–water partition coefficient (Wildman–Crippen LogP) is 1.46. The Morgan fingerprint density at radius 3 is 3.07 bits per heavy atom. The first kappa shape index (κ1) is 9.65. The quantitative estimate of drug-likeness (QED) is 0.775. The largest absolute Gasteiger partial charge is 0.312 e. The molecule has 14 heavy (non-hydrogen) atoms. The van der Waals surface area contributed by atoms with Crippen molar-refractivity contribution in [2.75, 3.05) is 6.54 Å². The van der Waals surface area contributed by atoms with E-state index >= 15 is 0 Å². The molecule has 0 radical (unpaired) electrons. The number of hydrogen-bond donors (Lipinski definition) is 1. The van der Waals surface area contributed by atoms with Crippen molar-refractivity contribution in [3.8, 4) is 0 Å². The average molecular weight is 194 g/mol. The van der Waals surface area contributed by atoms with Crippen molar-refractivity contribution >= 4 is 0 Å². The molecule has 78 valence electrons. The zero-order valence-electron chi connectivity index (χ0n) is 9.12. The van der Waals surface area contributed by atoms with Gasteiger partial charge in [0.2, 0.25) is 0 Å². The van der Waals surface area contributed by atoms with Crippen LogP contribution in [0.2, 0.25) is 0 Å². The Morgan fingerprint density at radius 2 is 2.36 bits per heavy atom. The molecular formula is C10H18N4. The van der Waals surface area contributed by atoms with E-state index in [1.807, 2.05) is 0 Å². The fourth-order valence-electron chi connectivity index (χ4n) is 1.91. The highest BCUT2D eigenvalue weighted by Gasteiger charge is 2.22. The summed E-state index contributed by atoms with van der Waals surface area (Å²) in [6, 6.07) is 0.342. The minimum absolute atomic E-state index is 0.342. The Balaban J connectivity index is 2.35. The summed E-state index contributed by atoms with van der Waals surface area (Å²) < 4.78 is 2.27. The van der Waals surface area contributed by atoms with Gasteiger partial charge in [-0.25, -0.2) is 0 Å². The Bertz CT molecular complexity index is 318. The molecule has 4 heteroatoms. The van der Waals surface area contributed by atoms with Gasteiger partial charge in [0.1, 0.15) is 11.6 Å². The smallest absolute Gasteiger partial charge is 0.149 e. The van der Waals surface area contributed by atoms with Crippen LogP contribution in [0.1, 0.15) is 50.8 Å². The molecule has 2 heterocycles. The lowest BCUT2D eigenvalue weighted by molar-refractivity contribution is 0.423. The van der Waals surface area contributed by atoms with E-state index in [9.17, 15) is 0 Å². The van der Waals surface area contributed by atoms with Crippen molar-refractivity contribution < 1.29 is 0 Å². The van der Waals surface area contributed by atoms with Crippen LogP contribution in [0.25, 0.3) is 0 Å². The van der Waals surface area contributed by atoms with Gasteiger partial charge in [-0.05, 0) is 13.3 Å². The van der Waals surface area contributed by atoms with Crippen molar-refractivity contribution in [2.24, 2.45) is 0 Å². The molecule has 1 N–H and O–H groups in total. The Labute approximate surface area is 84.7 Å². The molecule has 0 fully saturated rings. The summed E-state index contributed by atoms with van der Waals surface area (Å²) in [5, 5.41) is 11.9. The molecule has 0 spiro atoms. The van der Waals surface area contributed by atoms with Gasteiger partial charge in [0.05, 0.1) is 6.04 Å². The van der Waals surface area contributed by atoms with Crippen LogP contribution >= 0.6 is 0 Å². The zero-order valence-corrected chi connectivity index (χ0v) is 9.12. The van der Waals surface area contributed by atoms with E-state index in [0.717, 1.165) is 31.2 Å². The van der Waals surface area contributed by atoms with E-state index in [2.05, 4.69) is 40.9 Å². The first-order chi connectivity index (χ1) is 6.74. The monoisotopic (exact) mass is 194 g/mol. The highest BCUT2D eigenvalue weighted by atomic mass is 15.3. The third-order valence-corrected chi connectivity index (χ3v) is 3.03. The second-order valence-corrected chi connectivity index (χ2v) is 4.05. The highest BCUT2D eigenvalue weighted by Crippen LogP contribution is 2.22. The van der Waals surface area contributed by atoms with Gasteiger partial charge in [-0.15, -0.1) is 10.2 Å². The van der Waals surface area contributed by atoms with Crippen LogP contribution < -0.4 is 5.32 Å². The van der Waals surface area contributed by atoms with E-state index in [0.29, 0.717) is 12.0 Å². The fourth-order valence-corrected chi connectivity index (χ4v) is 1.91. The second-order valence-electron chi connectivity index (χ2n) is 4.05. The van der Waals surface area contributed by atoms with Crippen LogP contribution in [0.15, 0.2) is 0 Å². The number of rotatable bonds is 2. The molecule has 0 aliphatic carbocycles. The number of fused-ring (bicyclic) bond motifs is 1. The Kier molecular flexibility index (Phi) is 2.54. The maximum absolute atomic E-state index is 4.29. The number of nitrogens with one attached hydrogen (secondary N) is 1. The summed E-state index contributed by atoms with van der Waals surface area (Å²) in [6.07, 6.45) is 1.12. The average Bonchev–Trinajstić information content (AvgIpc) is 2.62. The normalized spacial score (nSPS) is 23.2. The van der Waals surface area contributed by atoms with Gasteiger partial charge in [-0.3, -0.25) is 0 Å². The Morgan fingerprint density at radius 1 is 1.57 bits per heavy atom. The Hall–Kier alpha value is -0.900. The van der Waals surface area contributed by atoms with Crippen molar-refractivity contribution in [1.29, 1.82) is 0 Å². The molecule has 0 aromatic carbocycles. The zero-order chi connectivity index (χ0) is 10.1. The standard InChI is InChI=1S/C10H18N4/c1-4-7(2)9-12-13-10-8(3)11-5-6-14(9)10/h7-8,11H,4-6H2,1-3H3. The van der Waals surface area contributed by atoms with E-state index in [1.54, 1.807) is 0 Å². The summed E-state index contributed by atoms with van der Waals surface area (Å²) in [4.78, 5) is 0. The van der Waals surface area contributed by atoms with Crippen molar-refractivity contribution in [3.05, 3.63) is 11.6 Å². The topological polar surface area (TPSA) is 42.7 Å². The summed E-state index contributed by atoms with van der Waals surface area (Å²) in [7, 11) is 0. The van der Waals surface area contributed by atoms with E-state index in [1.165, 1.54) is 0 Å². The van der Waals surface area contributed by atoms with E-state index < -0.39 is 0 Å². The molecule has 1 aliphatic rings. The fraction of sp³-hybridized carbons (Fsp3) is 0.800. The molecule has 2 unspecified atom stereocenters. The highest BCUT2D eigenvalue weighted by molar-refractivity contribution is 5.06. The van der Waals surface area contributed by atoms with E-state index in [-0.39, 0.29) is 0 Å². The first-order valence-corrected chi connectivity index (χ1v) is 5.40. The molecule has 2 rings (SSSR count). The van der Waals surface area contributed by atoms with Gasteiger partial charge in [-0.2, -0.15) is 0 Å². The number of aromatic nitrogens is 3. The van der Waals surface area contributed by atoms with Crippen LogP contribution in [0.4, 0.5) is 0 Å². The molecule has 1 aromatic rings.